The van der Waals surface area contributed by atoms with Crippen LogP contribution in [0.15, 0.2) is 24.3 Å². The summed E-state index contributed by atoms with van der Waals surface area (Å²) in [5, 5.41) is 10.1. The smallest absolute Gasteiger partial charge is 0.120 e. The molecule has 1 saturated carbocycles. The molecular weight excluding hydrogens is 212 g/mol. The SMILES string of the molecule is CC(C)Oc1cccc(C(O)CCC2CC2)c1. The van der Waals surface area contributed by atoms with E-state index < -0.39 is 0 Å². The third-order valence-electron chi connectivity index (χ3n) is 3.16. The molecule has 2 heteroatoms. The standard InChI is InChI=1S/C15H22O2/c1-11(2)17-14-5-3-4-13(10-14)15(16)9-8-12-6-7-12/h3-5,10-12,15-16H,6-9H2,1-2H3. The molecule has 1 aliphatic rings. The summed E-state index contributed by atoms with van der Waals surface area (Å²) in [6.45, 7) is 4.02. The van der Waals surface area contributed by atoms with Gasteiger partial charge in [-0.2, -0.15) is 0 Å². The highest BCUT2D eigenvalue weighted by molar-refractivity contribution is 5.30. The quantitative estimate of drug-likeness (QED) is 0.813. The molecule has 1 atom stereocenters. The second-order valence-electron chi connectivity index (χ2n) is 5.28. The summed E-state index contributed by atoms with van der Waals surface area (Å²) < 4.78 is 5.63. The second kappa shape index (κ2) is 5.54. The molecule has 1 aromatic carbocycles. The molecule has 0 saturated heterocycles. The van der Waals surface area contributed by atoms with E-state index >= 15 is 0 Å². The largest absolute Gasteiger partial charge is 0.491 e. The van der Waals surface area contributed by atoms with Gasteiger partial charge in [0.05, 0.1) is 12.2 Å². The van der Waals surface area contributed by atoms with Crippen LogP contribution in [0.25, 0.3) is 0 Å². The van der Waals surface area contributed by atoms with E-state index in [0.717, 1.165) is 30.1 Å². The Kier molecular flexibility index (Phi) is 4.06. The van der Waals surface area contributed by atoms with Crippen LogP contribution in [0.1, 0.15) is 51.2 Å². The molecule has 0 radical (unpaired) electrons. The fraction of sp³-hybridized carbons (Fsp3) is 0.600. The van der Waals surface area contributed by atoms with Gasteiger partial charge in [-0.15, -0.1) is 0 Å². The third-order valence-corrected chi connectivity index (χ3v) is 3.16. The van der Waals surface area contributed by atoms with Crippen molar-refractivity contribution >= 4 is 0 Å². The predicted molar refractivity (Wildman–Crippen MR) is 69.1 cm³/mol. The molecule has 1 N–H and O–H groups in total. The molecular formula is C15H22O2. The first kappa shape index (κ1) is 12.4. The zero-order valence-electron chi connectivity index (χ0n) is 10.7. The fourth-order valence-corrected chi connectivity index (χ4v) is 2.03. The van der Waals surface area contributed by atoms with Crippen molar-refractivity contribution in [2.24, 2.45) is 5.92 Å². The third kappa shape index (κ3) is 4.04. The first-order chi connectivity index (χ1) is 8.15. The Bertz CT molecular complexity index is 356. The van der Waals surface area contributed by atoms with Crippen LogP contribution in [0.5, 0.6) is 5.75 Å². The topological polar surface area (TPSA) is 29.5 Å². The van der Waals surface area contributed by atoms with E-state index in [1.54, 1.807) is 0 Å². The number of ether oxygens (including phenoxy) is 1. The minimum absolute atomic E-state index is 0.175. The summed E-state index contributed by atoms with van der Waals surface area (Å²) in [4.78, 5) is 0. The van der Waals surface area contributed by atoms with Crippen LogP contribution in [-0.4, -0.2) is 11.2 Å². The lowest BCUT2D eigenvalue weighted by Crippen LogP contribution is -2.06. The molecule has 0 spiro atoms. The Morgan fingerprint density at radius 3 is 2.76 bits per heavy atom. The minimum Gasteiger partial charge on any atom is -0.491 e. The van der Waals surface area contributed by atoms with Gasteiger partial charge in [0.2, 0.25) is 0 Å². The Hall–Kier alpha value is -1.02. The predicted octanol–water partition coefficient (Wildman–Crippen LogP) is 3.70. The van der Waals surface area contributed by atoms with Crippen molar-refractivity contribution in [3.63, 3.8) is 0 Å². The van der Waals surface area contributed by atoms with E-state index in [1.807, 2.05) is 38.1 Å². The Balaban J connectivity index is 1.93. The summed E-state index contributed by atoms with van der Waals surface area (Å²) in [6.07, 6.45) is 4.55. The molecule has 1 fully saturated rings. The summed E-state index contributed by atoms with van der Waals surface area (Å²) in [7, 11) is 0. The lowest BCUT2D eigenvalue weighted by molar-refractivity contribution is 0.161. The summed E-state index contributed by atoms with van der Waals surface area (Å²) >= 11 is 0. The van der Waals surface area contributed by atoms with Crippen molar-refractivity contribution < 1.29 is 9.84 Å². The van der Waals surface area contributed by atoms with Crippen LogP contribution in [0.2, 0.25) is 0 Å². The van der Waals surface area contributed by atoms with Gasteiger partial charge in [0.15, 0.2) is 0 Å². The van der Waals surface area contributed by atoms with Gasteiger partial charge in [0.25, 0.3) is 0 Å². The van der Waals surface area contributed by atoms with E-state index in [-0.39, 0.29) is 12.2 Å². The van der Waals surface area contributed by atoms with Crippen LogP contribution in [0, 0.1) is 5.92 Å². The van der Waals surface area contributed by atoms with Crippen molar-refractivity contribution in [2.75, 3.05) is 0 Å². The van der Waals surface area contributed by atoms with Gasteiger partial charge >= 0.3 is 0 Å². The average molecular weight is 234 g/mol. The molecule has 94 valence electrons. The lowest BCUT2D eigenvalue weighted by atomic mass is 10.0. The molecule has 0 aliphatic heterocycles. The molecule has 0 amide bonds. The number of aliphatic hydroxyl groups is 1. The highest BCUT2D eigenvalue weighted by Crippen LogP contribution is 2.36. The summed E-state index contributed by atoms with van der Waals surface area (Å²) in [5.41, 5.74) is 0.976. The maximum absolute atomic E-state index is 10.1. The normalized spacial score (nSPS) is 17.2. The molecule has 2 nitrogen and oxygen atoms in total. The van der Waals surface area contributed by atoms with Crippen LogP contribution < -0.4 is 4.74 Å². The van der Waals surface area contributed by atoms with Gasteiger partial charge in [-0.05, 0) is 50.3 Å². The number of aliphatic hydroxyl groups excluding tert-OH is 1. The number of hydrogen-bond donors (Lipinski definition) is 1. The van der Waals surface area contributed by atoms with Crippen molar-refractivity contribution in [1.82, 2.24) is 0 Å². The van der Waals surface area contributed by atoms with E-state index in [0.29, 0.717) is 0 Å². The molecule has 1 aromatic rings. The molecule has 0 aromatic heterocycles. The minimum atomic E-state index is -0.341. The van der Waals surface area contributed by atoms with Crippen molar-refractivity contribution in [1.29, 1.82) is 0 Å². The van der Waals surface area contributed by atoms with E-state index in [9.17, 15) is 5.11 Å². The Morgan fingerprint density at radius 1 is 1.35 bits per heavy atom. The first-order valence-corrected chi connectivity index (χ1v) is 6.60. The van der Waals surface area contributed by atoms with Gasteiger partial charge in [-0.25, -0.2) is 0 Å². The molecule has 2 rings (SSSR count). The summed E-state index contributed by atoms with van der Waals surface area (Å²) in [5.74, 6) is 1.72. The monoisotopic (exact) mass is 234 g/mol. The van der Waals surface area contributed by atoms with E-state index in [2.05, 4.69) is 0 Å². The van der Waals surface area contributed by atoms with Gasteiger partial charge in [-0.1, -0.05) is 25.0 Å². The van der Waals surface area contributed by atoms with Crippen molar-refractivity contribution in [3.8, 4) is 5.75 Å². The van der Waals surface area contributed by atoms with Gasteiger partial charge in [-0.3, -0.25) is 0 Å². The number of benzene rings is 1. The molecule has 17 heavy (non-hydrogen) atoms. The molecule has 0 bridgehead atoms. The Labute approximate surface area is 104 Å². The summed E-state index contributed by atoms with van der Waals surface area (Å²) in [6, 6.07) is 7.83. The van der Waals surface area contributed by atoms with Crippen molar-refractivity contribution in [2.45, 2.75) is 51.7 Å². The number of rotatable bonds is 6. The fourth-order valence-electron chi connectivity index (χ4n) is 2.03. The maximum atomic E-state index is 10.1. The first-order valence-electron chi connectivity index (χ1n) is 6.60. The van der Waals surface area contributed by atoms with Crippen LogP contribution in [-0.2, 0) is 0 Å². The lowest BCUT2D eigenvalue weighted by Gasteiger charge is -2.14. The van der Waals surface area contributed by atoms with E-state index in [1.165, 1.54) is 12.8 Å². The highest BCUT2D eigenvalue weighted by Gasteiger charge is 2.22. The molecule has 1 unspecified atom stereocenters. The van der Waals surface area contributed by atoms with Crippen LogP contribution >= 0.6 is 0 Å². The number of hydrogen-bond acceptors (Lipinski definition) is 2. The zero-order valence-corrected chi connectivity index (χ0v) is 10.7. The average Bonchev–Trinajstić information content (AvgIpc) is 3.09. The van der Waals surface area contributed by atoms with Gasteiger partial charge in [0.1, 0.15) is 5.75 Å². The van der Waals surface area contributed by atoms with E-state index in [4.69, 9.17) is 4.74 Å². The van der Waals surface area contributed by atoms with Gasteiger partial charge < -0.3 is 9.84 Å². The van der Waals surface area contributed by atoms with Crippen LogP contribution in [0.3, 0.4) is 0 Å². The molecule has 1 aliphatic carbocycles. The van der Waals surface area contributed by atoms with Gasteiger partial charge in [0, 0.05) is 0 Å². The Morgan fingerprint density at radius 2 is 2.12 bits per heavy atom. The highest BCUT2D eigenvalue weighted by atomic mass is 16.5. The maximum Gasteiger partial charge on any atom is 0.120 e. The molecule has 0 heterocycles. The van der Waals surface area contributed by atoms with Crippen molar-refractivity contribution in [3.05, 3.63) is 29.8 Å². The zero-order chi connectivity index (χ0) is 12.3. The second-order valence-corrected chi connectivity index (χ2v) is 5.28. The van der Waals surface area contributed by atoms with Crippen LogP contribution in [0.4, 0.5) is 0 Å².